The summed E-state index contributed by atoms with van der Waals surface area (Å²) in [5.41, 5.74) is 13.6. The van der Waals surface area contributed by atoms with Crippen molar-refractivity contribution >= 4 is 59.3 Å². The molecule has 0 atom stereocenters. The van der Waals surface area contributed by atoms with Gasteiger partial charge in [-0.05, 0) is 92.2 Å². The van der Waals surface area contributed by atoms with Gasteiger partial charge in [-0.3, -0.25) is 0 Å². The number of nitrogens with zero attached hydrogens (tertiary/aromatic N) is 1. The van der Waals surface area contributed by atoms with Crippen LogP contribution in [0.15, 0.2) is 176 Å². The number of para-hydroxylation sites is 1. The van der Waals surface area contributed by atoms with Gasteiger partial charge < -0.3 is 4.90 Å². The van der Waals surface area contributed by atoms with E-state index in [-0.39, 0.29) is 5.41 Å². The maximum atomic E-state index is 2.48. The highest BCUT2D eigenvalue weighted by Gasteiger charge is 2.36. The van der Waals surface area contributed by atoms with Crippen LogP contribution in [0.25, 0.3) is 64.3 Å². The molecular weight excluding hydrogens is 635 g/mol. The van der Waals surface area contributed by atoms with Crippen molar-refractivity contribution < 1.29 is 0 Å². The van der Waals surface area contributed by atoms with Crippen LogP contribution in [0.5, 0.6) is 0 Å². The molecule has 1 heterocycles. The fourth-order valence-electron chi connectivity index (χ4n) is 8.37. The molecular formula is C49H35NS. The van der Waals surface area contributed by atoms with E-state index in [9.17, 15) is 0 Å². The molecule has 0 N–H and O–H groups in total. The lowest BCUT2D eigenvalue weighted by atomic mass is 9.67. The minimum atomic E-state index is -0.169. The van der Waals surface area contributed by atoms with Gasteiger partial charge in [-0.15, -0.1) is 11.3 Å². The Labute approximate surface area is 302 Å². The monoisotopic (exact) mass is 669 g/mol. The molecule has 0 saturated heterocycles. The van der Waals surface area contributed by atoms with Crippen LogP contribution in [0.3, 0.4) is 0 Å². The number of benzene rings is 8. The number of thiophene rings is 1. The Morgan fingerprint density at radius 1 is 0.471 bits per heavy atom. The Kier molecular flexibility index (Phi) is 6.78. The Bertz CT molecular complexity index is 2760. The summed E-state index contributed by atoms with van der Waals surface area (Å²) in [4.78, 5) is 2.45. The molecule has 8 aromatic carbocycles. The van der Waals surface area contributed by atoms with Crippen molar-refractivity contribution in [3.63, 3.8) is 0 Å². The van der Waals surface area contributed by atoms with E-state index in [0.29, 0.717) is 0 Å². The average molecular weight is 670 g/mol. The third kappa shape index (κ3) is 4.67. The summed E-state index contributed by atoms with van der Waals surface area (Å²) >= 11 is 1.90. The predicted molar refractivity (Wildman–Crippen MR) is 220 cm³/mol. The Hall–Kier alpha value is -5.96. The van der Waals surface area contributed by atoms with E-state index in [1.54, 1.807) is 0 Å². The van der Waals surface area contributed by atoms with Crippen LogP contribution in [0.1, 0.15) is 25.0 Å². The topological polar surface area (TPSA) is 3.24 Å². The van der Waals surface area contributed by atoms with Gasteiger partial charge in [0.15, 0.2) is 0 Å². The van der Waals surface area contributed by atoms with Gasteiger partial charge in [0.1, 0.15) is 0 Å². The standard InChI is InChI=1S/C49H35NS/c1-49(2)42-29-25-35(38-19-12-20-40-39-18-9-10-22-45(39)51-48(38)40)31-41(42)47-44(30-26-34-15-11-21-43(49)46(34)47)50(36-16-7-4-8-17-36)37-27-23-33(24-28-37)32-13-5-3-6-14-32/h3-31H,1-2H3. The fourth-order valence-corrected chi connectivity index (χ4v) is 9.61. The second-order valence-electron chi connectivity index (χ2n) is 14.1. The van der Waals surface area contributed by atoms with Crippen LogP contribution in [-0.2, 0) is 5.41 Å². The Morgan fingerprint density at radius 3 is 1.96 bits per heavy atom. The lowest BCUT2D eigenvalue weighted by Crippen LogP contribution is -2.24. The van der Waals surface area contributed by atoms with Crippen LogP contribution in [-0.4, -0.2) is 0 Å². The van der Waals surface area contributed by atoms with E-state index in [4.69, 9.17) is 0 Å². The number of anilines is 3. The molecule has 0 amide bonds. The summed E-state index contributed by atoms with van der Waals surface area (Å²) < 4.78 is 2.67. The fraction of sp³-hybridized carbons (Fsp3) is 0.0612. The second-order valence-corrected chi connectivity index (χ2v) is 15.2. The molecule has 51 heavy (non-hydrogen) atoms. The molecule has 0 spiro atoms. The molecule has 0 bridgehead atoms. The van der Waals surface area contributed by atoms with Gasteiger partial charge in [0.25, 0.3) is 0 Å². The van der Waals surface area contributed by atoms with Crippen molar-refractivity contribution in [1.29, 1.82) is 0 Å². The van der Waals surface area contributed by atoms with Gasteiger partial charge in [0.2, 0.25) is 0 Å². The zero-order valence-corrected chi connectivity index (χ0v) is 29.4. The Balaban J connectivity index is 1.24. The summed E-state index contributed by atoms with van der Waals surface area (Å²) in [5, 5.41) is 5.27. The van der Waals surface area contributed by atoms with Crippen LogP contribution in [0.2, 0.25) is 0 Å². The van der Waals surface area contributed by atoms with Gasteiger partial charge in [-0.25, -0.2) is 0 Å². The van der Waals surface area contributed by atoms with E-state index in [2.05, 4.69) is 195 Å². The molecule has 0 radical (unpaired) electrons. The highest BCUT2D eigenvalue weighted by Crippen LogP contribution is 2.55. The van der Waals surface area contributed by atoms with Crippen LogP contribution < -0.4 is 4.90 Å². The summed E-state index contributed by atoms with van der Waals surface area (Å²) in [6, 6.07) is 64.8. The molecule has 10 rings (SSSR count). The van der Waals surface area contributed by atoms with E-state index in [0.717, 1.165) is 11.4 Å². The largest absolute Gasteiger partial charge is 0.310 e. The summed E-state index contributed by atoms with van der Waals surface area (Å²) in [6.07, 6.45) is 0. The van der Waals surface area contributed by atoms with Crippen molar-refractivity contribution in [3.8, 4) is 33.4 Å². The molecule has 0 aliphatic heterocycles. The molecule has 1 aromatic heterocycles. The van der Waals surface area contributed by atoms with Crippen molar-refractivity contribution in [2.75, 3.05) is 4.90 Å². The number of hydrogen-bond donors (Lipinski definition) is 0. The highest BCUT2D eigenvalue weighted by atomic mass is 32.1. The number of rotatable bonds is 5. The maximum absolute atomic E-state index is 2.48. The first kappa shape index (κ1) is 29.9. The first-order valence-corrected chi connectivity index (χ1v) is 18.5. The van der Waals surface area contributed by atoms with Crippen molar-refractivity contribution in [1.82, 2.24) is 0 Å². The molecule has 0 saturated carbocycles. The zero-order valence-electron chi connectivity index (χ0n) is 28.6. The van der Waals surface area contributed by atoms with E-state index in [1.807, 2.05) is 11.3 Å². The Morgan fingerprint density at radius 2 is 1.14 bits per heavy atom. The minimum Gasteiger partial charge on any atom is -0.310 e. The lowest BCUT2D eigenvalue weighted by molar-refractivity contribution is 0.645. The lowest BCUT2D eigenvalue weighted by Gasteiger charge is -2.38. The molecule has 2 heteroatoms. The second kappa shape index (κ2) is 11.6. The van der Waals surface area contributed by atoms with Gasteiger partial charge in [-0.1, -0.05) is 147 Å². The third-order valence-corrected chi connectivity index (χ3v) is 12.1. The van der Waals surface area contributed by atoms with Crippen molar-refractivity contribution in [3.05, 3.63) is 187 Å². The SMILES string of the molecule is CC1(C)c2ccc(-c3cccc4c3sc3ccccc34)cc2-c2c(N(c3ccccc3)c3ccc(-c4ccccc4)cc3)ccc3cccc1c23. The van der Waals surface area contributed by atoms with Crippen molar-refractivity contribution in [2.24, 2.45) is 0 Å². The molecule has 0 fully saturated rings. The molecule has 1 aliphatic carbocycles. The number of fused-ring (bicyclic) bond motifs is 5. The molecule has 9 aromatic rings. The molecule has 1 aliphatic rings. The van der Waals surface area contributed by atoms with E-state index in [1.165, 1.54) is 81.1 Å². The third-order valence-electron chi connectivity index (χ3n) is 10.9. The van der Waals surface area contributed by atoms with Crippen LogP contribution >= 0.6 is 11.3 Å². The van der Waals surface area contributed by atoms with Crippen LogP contribution in [0.4, 0.5) is 17.1 Å². The first-order valence-electron chi connectivity index (χ1n) is 17.7. The first-order chi connectivity index (χ1) is 25.1. The van der Waals surface area contributed by atoms with E-state index < -0.39 is 0 Å². The maximum Gasteiger partial charge on any atom is 0.0546 e. The van der Waals surface area contributed by atoms with Gasteiger partial charge >= 0.3 is 0 Å². The summed E-state index contributed by atoms with van der Waals surface area (Å²) in [7, 11) is 0. The summed E-state index contributed by atoms with van der Waals surface area (Å²) in [5.74, 6) is 0. The van der Waals surface area contributed by atoms with Gasteiger partial charge in [-0.2, -0.15) is 0 Å². The quantitative estimate of drug-likeness (QED) is 0.176. The molecule has 1 nitrogen and oxygen atoms in total. The van der Waals surface area contributed by atoms with Crippen molar-refractivity contribution in [2.45, 2.75) is 19.3 Å². The minimum absolute atomic E-state index is 0.169. The highest BCUT2D eigenvalue weighted by molar-refractivity contribution is 7.26. The van der Waals surface area contributed by atoms with Crippen LogP contribution in [0, 0.1) is 0 Å². The zero-order chi connectivity index (χ0) is 34.1. The van der Waals surface area contributed by atoms with E-state index >= 15 is 0 Å². The van der Waals surface area contributed by atoms with Gasteiger partial charge in [0.05, 0.1) is 5.69 Å². The number of hydrogen-bond acceptors (Lipinski definition) is 2. The predicted octanol–water partition coefficient (Wildman–Crippen LogP) is 14.3. The smallest absolute Gasteiger partial charge is 0.0546 e. The average Bonchev–Trinajstić information content (AvgIpc) is 3.57. The molecule has 0 unspecified atom stereocenters. The summed E-state index contributed by atoms with van der Waals surface area (Å²) in [6.45, 7) is 4.78. The van der Waals surface area contributed by atoms with Gasteiger partial charge in [0, 0.05) is 42.5 Å². The normalized spacial score (nSPS) is 13.1. The molecule has 242 valence electrons.